The van der Waals surface area contributed by atoms with E-state index in [1.807, 2.05) is 0 Å². The van der Waals surface area contributed by atoms with Crippen LogP contribution in [0.5, 0.6) is 0 Å². The summed E-state index contributed by atoms with van der Waals surface area (Å²) in [5.74, 6) is 0.396. The molecule has 1 atom stereocenters. The Balaban J connectivity index is 1.03. The highest BCUT2D eigenvalue weighted by atomic mass is 16.3. The van der Waals surface area contributed by atoms with Crippen molar-refractivity contribution in [2.45, 2.75) is 145 Å². The molecule has 3 heterocycles. The molecule has 88 heavy (non-hydrogen) atoms. The molecule has 1 saturated carbocycles. The molecule has 0 saturated heterocycles. The first-order valence-electron chi connectivity index (χ1n) is 32.3. The van der Waals surface area contributed by atoms with Crippen LogP contribution in [0.2, 0.25) is 0 Å². The maximum Gasteiger partial charge on any atom is 0.251 e. The summed E-state index contributed by atoms with van der Waals surface area (Å²) in [6.45, 7) is 40.4. The van der Waals surface area contributed by atoms with Gasteiger partial charge in [-0.3, -0.25) is 0 Å². The van der Waals surface area contributed by atoms with E-state index in [0.717, 1.165) is 67.8 Å². The van der Waals surface area contributed by atoms with Crippen LogP contribution in [0.15, 0.2) is 228 Å². The minimum atomic E-state index is -0.183. The van der Waals surface area contributed by atoms with Gasteiger partial charge in [-0.05, 0) is 198 Å². The van der Waals surface area contributed by atoms with E-state index in [4.69, 9.17) is 11.0 Å². The topological polar surface area (TPSA) is 22.9 Å². The molecule has 0 amide bonds. The Morgan fingerprint density at radius 2 is 1.19 bits per heavy atom. The van der Waals surface area contributed by atoms with E-state index in [2.05, 4.69) is 313 Å². The summed E-state index contributed by atoms with van der Waals surface area (Å²) < 4.78 is 6.46. The fraction of sp³-hybridized carbons (Fsp3) is 0.301. The minimum Gasteiger partial charge on any atom is -0.456 e. The van der Waals surface area contributed by atoms with Gasteiger partial charge in [-0.25, -0.2) is 0 Å². The summed E-state index contributed by atoms with van der Waals surface area (Å²) in [6, 6.07) is 64.3. The summed E-state index contributed by atoms with van der Waals surface area (Å²) in [5, 5.41) is 2.28. The number of rotatable bonds is 7. The molecule has 0 bridgehead atoms. The molecule has 14 rings (SSSR count). The highest BCUT2D eigenvalue weighted by molar-refractivity contribution is 6.95. The maximum absolute atomic E-state index is 6.46. The standard InChI is InChI=1S/C83H86BN3O/c1-52-61(63-23-17-19-27-65(63)83(52,15)16)26-22-46-85-70-51-67-66(81(11,12)44-45-82(67,13)14)50-69(70)84-68-43-42-60(86(57-38-32-54(33-39-57)78(2,3)4)58-40-34-55(35-41-58)79(5,6)7)49-71(68)87(73-48-56(80(8,9)10)47-72(85)77(73)84)59-36-30-53(31-37-59)62-25-21-29-75-76(62)64-24-18-20-28-74(64)88-75/h17-43,46-50,67H,1,44-45,51H2,2-16H3/b46-22+,61-26+. The van der Waals surface area contributed by atoms with Crippen molar-refractivity contribution >= 4 is 85.0 Å². The molecule has 9 aromatic rings. The van der Waals surface area contributed by atoms with Crippen LogP contribution in [0, 0.1) is 16.7 Å². The molecular formula is C83H86BN3O. The lowest BCUT2D eigenvalue weighted by molar-refractivity contribution is 0.121. The summed E-state index contributed by atoms with van der Waals surface area (Å²) in [5.41, 5.74) is 28.1. The van der Waals surface area contributed by atoms with Crippen LogP contribution < -0.4 is 25.6 Å². The second-order valence-corrected chi connectivity index (χ2v) is 31.0. The van der Waals surface area contributed by atoms with Crippen LogP contribution >= 0.6 is 0 Å². The van der Waals surface area contributed by atoms with Gasteiger partial charge in [0.05, 0.1) is 0 Å². The van der Waals surface area contributed by atoms with Gasteiger partial charge in [0.25, 0.3) is 6.71 Å². The van der Waals surface area contributed by atoms with Crippen LogP contribution in [0.25, 0.3) is 38.6 Å². The molecule has 8 aromatic carbocycles. The Morgan fingerprint density at radius 3 is 1.86 bits per heavy atom. The normalized spacial score (nSPS) is 18.8. The fourth-order valence-corrected chi connectivity index (χ4v) is 15.4. The number of benzene rings is 8. The van der Waals surface area contributed by atoms with E-state index in [9.17, 15) is 0 Å². The lowest BCUT2D eigenvalue weighted by Crippen LogP contribution is -2.57. The molecular weight excluding hydrogens is 1070 g/mol. The molecule has 442 valence electrons. The largest absolute Gasteiger partial charge is 0.456 e. The summed E-state index contributed by atoms with van der Waals surface area (Å²) in [7, 11) is 0. The van der Waals surface area contributed by atoms with Crippen LogP contribution in [0.1, 0.15) is 151 Å². The molecule has 1 fully saturated rings. The summed E-state index contributed by atoms with van der Waals surface area (Å²) in [6.07, 6.45) is 13.1. The Bertz CT molecular complexity index is 4400. The quantitative estimate of drug-likeness (QED) is 0.148. The van der Waals surface area contributed by atoms with Crippen molar-refractivity contribution in [2.75, 3.05) is 14.7 Å². The van der Waals surface area contributed by atoms with Crippen molar-refractivity contribution in [3.8, 4) is 11.1 Å². The maximum atomic E-state index is 6.46. The van der Waals surface area contributed by atoms with Crippen LogP contribution in [-0.4, -0.2) is 6.71 Å². The lowest BCUT2D eigenvalue weighted by Gasteiger charge is -2.53. The van der Waals surface area contributed by atoms with E-state index in [0.29, 0.717) is 5.92 Å². The molecule has 5 aliphatic rings. The van der Waals surface area contributed by atoms with Crippen molar-refractivity contribution < 1.29 is 4.42 Å². The third-order valence-corrected chi connectivity index (χ3v) is 21.0. The van der Waals surface area contributed by atoms with Gasteiger partial charge in [0.1, 0.15) is 11.2 Å². The van der Waals surface area contributed by atoms with Gasteiger partial charge in [0, 0.05) is 67.9 Å². The number of allylic oxidation sites excluding steroid dienone is 8. The van der Waals surface area contributed by atoms with Gasteiger partial charge in [0.2, 0.25) is 0 Å². The molecule has 3 aliphatic carbocycles. The van der Waals surface area contributed by atoms with E-state index >= 15 is 0 Å². The summed E-state index contributed by atoms with van der Waals surface area (Å²) >= 11 is 0. The number of furan rings is 1. The average Bonchev–Trinajstić information content (AvgIpc) is 0.959. The molecule has 1 unspecified atom stereocenters. The van der Waals surface area contributed by atoms with Gasteiger partial charge in [-0.1, -0.05) is 225 Å². The molecule has 4 nitrogen and oxygen atoms in total. The Kier molecular flexibility index (Phi) is 13.1. The van der Waals surface area contributed by atoms with Crippen LogP contribution in [-0.2, 0) is 21.7 Å². The third kappa shape index (κ3) is 9.31. The number of para-hydroxylation sites is 1. The first kappa shape index (κ1) is 57.5. The highest BCUT2D eigenvalue weighted by Crippen LogP contribution is 2.59. The van der Waals surface area contributed by atoms with Crippen molar-refractivity contribution in [3.63, 3.8) is 0 Å². The average molecular weight is 1150 g/mol. The molecule has 1 aromatic heterocycles. The first-order chi connectivity index (χ1) is 41.7. The zero-order chi connectivity index (χ0) is 61.8. The Morgan fingerprint density at radius 1 is 0.591 bits per heavy atom. The van der Waals surface area contributed by atoms with Gasteiger partial charge >= 0.3 is 0 Å². The molecule has 2 aliphatic heterocycles. The Hall–Kier alpha value is -8.28. The number of anilines is 7. The van der Waals surface area contributed by atoms with Crippen molar-refractivity contribution in [2.24, 2.45) is 16.7 Å². The smallest absolute Gasteiger partial charge is 0.251 e. The van der Waals surface area contributed by atoms with Crippen molar-refractivity contribution in [3.05, 3.63) is 251 Å². The monoisotopic (exact) mass is 1150 g/mol. The zero-order valence-electron chi connectivity index (χ0n) is 54.7. The highest BCUT2D eigenvalue weighted by Gasteiger charge is 2.51. The third-order valence-electron chi connectivity index (χ3n) is 21.0. The predicted octanol–water partition coefficient (Wildman–Crippen LogP) is 21.9. The lowest BCUT2D eigenvalue weighted by atomic mass is 9.31. The van der Waals surface area contributed by atoms with E-state index < -0.39 is 0 Å². The number of fused-ring (bicyclic) bond motifs is 8. The van der Waals surface area contributed by atoms with Crippen LogP contribution in [0.3, 0.4) is 0 Å². The number of hydrogen-bond acceptors (Lipinski definition) is 4. The predicted molar refractivity (Wildman–Crippen MR) is 378 cm³/mol. The zero-order valence-corrected chi connectivity index (χ0v) is 54.7. The van der Waals surface area contributed by atoms with Gasteiger partial charge in [-0.2, -0.15) is 0 Å². The fourth-order valence-electron chi connectivity index (χ4n) is 15.4. The summed E-state index contributed by atoms with van der Waals surface area (Å²) in [4.78, 5) is 7.74. The van der Waals surface area contributed by atoms with E-state index in [1.54, 1.807) is 5.57 Å². The number of nitrogens with zero attached hydrogens (tertiary/aromatic N) is 3. The minimum absolute atomic E-state index is 0.0121. The molecule has 5 heteroatoms. The van der Waals surface area contributed by atoms with E-state index in [1.165, 1.54) is 85.4 Å². The molecule has 0 radical (unpaired) electrons. The SMILES string of the molecule is C=C1/C(=C\C=C\N2C3=C(C=C4C(C3)C(C)(C)CCC4(C)C)B3c4ccc(N(c5ccc(C(C)(C)C)cc5)c5ccc(C(C)(C)C)cc5)cc4N(c4ccc(-c5cccc6oc7ccccc7c56)cc4)c4cc(C(C)(C)C)cc2c43)c2ccccc2C1(C)C. The second-order valence-electron chi connectivity index (χ2n) is 31.0. The second kappa shape index (κ2) is 20.1. The van der Waals surface area contributed by atoms with E-state index in [-0.39, 0.29) is 39.2 Å². The number of hydrogen-bond donors (Lipinski definition) is 0. The van der Waals surface area contributed by atoms with Gasteiger partial charge in [0.15, 0.2) is 0 Å². The molecule has 0 N–H and O–H groups in total. The van der Waals surface area contributed by atoms with Crippen molar-refractivity contribution in [1.29, 1.82) is 0 Å². The van der Waals surface area contributed by atoms with Crippen molar-refractivity contribution in [1.82, 2.24) is 0 Å². The van der Waals surface area contributed by atoms with Crippen LogP contribution in [0.4, 0.5) is 39.8 Å². The van der Waals surface area contributed by atoms with Gasteiger partial charge in [-0.15, -0.1) is 0 Å². The Labute approximate surface area is 524 Å². The van der Waals surface area contributed by atoms with Gasteiger partial charge < -0.3 is 19.1 Å². The molecule has 0 spiro atoms. The first-order valence-corrected chi connectivity index (χ1v) is 32.3.